The van der Waals surface area contributed by atoms with Crippen LogP contribution < -0.4 is 11.1 Å². The first-order chi connectivity index (χ1) is 6.74. The number of nitrogens with zero attached hydrogens (tertiary/aromatic N) is 1. The molecular weight excluding hydrogens is 180 g/mol. The lowest BCUT2D eigenvalue weighted by atomic mass is 9.90. The molecule has 1 atom stereocenters. The maximum Gasteiger partial charge on any atom is 0.210 e. The number of piperidine rings is 1. The van der Waals surface area contributed by atoms with E-state index in [1.54, 1.807) is 4.90 Å². The number of rotatable bonds is 1. The topological polar surface area (TPSA) is 82.2 Å². The van der Waals surface area contributed by atoms with E-state index in [-0.39, 0.29) is 6.04 Å². The van der Waals surface area contributed by atoms with Crippen LogP contribution in [0.5, 0.6) is 0 Å². The Morgan fingerprint density at radius 2 is 2.43 bits per heavy atom. The highest BCUT2D eigenvalue weighted by molar-refractivity contribution is 6.01. The summed E-state index contributed by atoms with van der Waals surface area (Å²) in [5, 5.41) is 10.9. The molecule has 2 aliphatic heterocycles. The fourth-order valence-electron chi connectivity index (χ4n) is 2.09. The van der Waals surface area contributed by atoms with E-state index in [9.17, 15) is 4.79 Å². The van der Waals surface area contributed by atoms with Gasteiger partial charge in [-0.25, -0.2) is 0 Å². The Labute approximate surface area is 82.5 Å². The van der Waals surface area contributed by atoms with E-state index in [0.717, 1.165) is 12.0 Å². The molecule has 2 heterocycles. The van der Waals surface area contributed by atoms with Crippen LogP contribution in [0, 0.1) is 5.41 Å². The van der Waals surface area contributed by atoms with E-state index >= 15 is 0 Å². The average molecular weight is 194 g/mol. The number of fused-ring (bicyclic) bond motifs is 1. The third kappa shape index (κ3) is 1.29. The number of nitrogens with two attached hydrogens (primary N) is 1. The third-order valence-electron chi connectivity index (χ3n) is 2.81. The Balaban J connectivity index is 2.35. The fourth-order valence-corrected chi connectivity index (χ4v) is 2.09. The van der Waals surface area contributed by atoms with Crippen LogP contribution in [0.15, 0.2) is 11.3 Å². The van der Waals surface area contributed by atoms with Gasteiger partial charge < -0.3 is 21.4 Å². The first-order valence-corrected chi connectivity index (χ1v) is 4.72. The van der Waals surface area contributed by atoms with Crippen LogP contribution in [-0.4, -0.2) is 42.7 Å². The van der Waals surface area contributed by atoms with Gasteiger partial charge in [-0.15, -0.1) is 0 Å². The summed E-state index contributed by atoms with van der Waals surface area (Å²) in [7, 11) is 0. The van der Waals surface area contributed by atoms with Crippen molar-refractivity contribution in [2.24, 2.45) is 5.73 Å². The van der Waals surface area contributed by atoms with Gasteiger partial charge in [-0.3, -0.25) is 4.79 Å². The van der Waals surface area contributed by atoms with Crippen LogP contribution in [0.25, 0.3) is 0 Å². The van der Waals surface area contributed by atoms with Gasteiger partial charge in [0.25, 0.3) is 0 Å². The predicted octanol–water partition coefficient (Wildman–Crippen LogP) is -0.947. The molecule has 4 N–H and O–H groups in total. The van der Waals surface area contributed by atoms with Crippen molar-refractivity contribution in [3.63, 3.8) is 0 Å². The van der Waals surface area contributed by atoms with Gasteiger partial charge in [-0.1, -0.05) is 0 Å². The Hall–Kier alpha value is -1.36. The molecule has 1 amide bonds. The summed E-state index contributed by atoms with van der Waals surface area (Å²) in [4.78, 5) is 12.5. The van der Waals surface area contributed by atoms with Crippen molar-refractivity contribution in [1.82, 2.24) is 10.2 Å². The van der Waals surface area contributed by atoms with Crippen molar-refractivity contribution in [1.29, 1.82) is 5.41 Å². The number of carbonyl (C=O) groups is 1. The van der Waals surface area contributed by atoms with Gasteiger partial charge in [0, 0.05) is 43.0 Å². The molecule has 0 aromatic rings. The number of hydrogen-bond donors (Lipinski definition) is 3. The summed E-state index contributed by atoms with van der Waals surface area (Å²) in [6.07, 6.45) is 1.46. The first-order valence-electron chi connectivity index (χ1n) is 4.72. The van der Waals surface area contributed by atoms with Crippen molar-refractivity contribution < 1.29 is 4.79 Å². The fraction of sp³-hybridized carbons (Fsp3) is 0.556. The summed E-state index contributed by atoms with van der Waals surface area (Å²) >= 11 is 0. The van der Waals surface area contributed by atoms with E-state index in [4.69, 9.17) is 11.1 Å². The standard InChI is InChI=1S/C9H14N4O/c10-6-1-2-13(5-14)8-4-12-3-7(11)9(6)8/h5,8,10,12H,1-4,11H2. The molecule has 2 rings (SSSR count). The lowest BCUT2D eigenvalue weighted by molar-refractivity contribution is -0.119. The molecule has 0 aromatic carbocycles. The van der Waals surface area contributed by atoms with E-state index in [2.05, 4.69) is 5.32 Å². The van der Waals surface area contributed by atoms with Gasteiger partial charge >= 0.3 is 0 Å². The zero-order valence-corrected chi connectivity index (χ0v) is 7.92. The zero-order valence-electron chi connectivity index (χ0n) is 7.92. The van der Waals surface area contributed by atoms with Crippen molar-refractivity contribution >= 4 is 12.1 Å². The van der Waals surface area contributed by atoms with E-state index in [1.807, 2.05) is 0 Å². The molecule has 5 heteroatoms. The summed E-state index contributed by atoms with van der Waals surface area (Å²) in [6, 6.07) is -0.0255. The van der Waals surface area contributed by atoms with Crippen LogP contribution in [0.3, 0.4) is 0 Å². The molecule has 1 saturated heterocycles. The first kappa shape index (κ1) is 9.21. The number of nitrogens with one attached hydrogen (secondary N) is 2. The number of amides is 1. The molecule has 0 aromatic heterocycles. The third-order valence-corrected chi connectivity index (χ3v) is 2.81. The Morgan fingerprint density at radius 3 is 3.14 bits per heavy atom. The van der Waals surface area contributed by atoms with Gasteiger partial charge in [0.1, 0.15) is 0 Å². The predicted molar refractivity (Wildman–Crippen MR) is 53.0 cm³/mol. The van der Waals surface area contributed by atoms with Gasteiger partial charge in [-0.2, -0.15) is 0 Å². The monoisotopic (exact) mass is 194 g/mol. The smallest absolute Gasteiger partial charge is 0.210 e. The lowest BCUT2D eigenvalue weighted by Crippen LogP contribution is -2.53. The molecule has 5 nitrogen and oxygen atoms in total. The van der Waals surface area contributed by atoms with Crippen LogP contribution in [0.1, 0.15) is 6.42 Å². The highest BCUT2D eigenvalue weighted by Crippen LogP contribution is 2.22. The van der Waals surface area contributed by atoms with Crippen LogP contribution in [0.2, 0.25) is 0 Å². The molecule has 0 radical (unpaired) electrons. The molecule has 76 valence electrons. The SMILES string of the molecule is N=C1CCN(C=O)C2CNCC(N)=C12. The molecule has 2 aliphatic rings. The van der Waals surface area contributed by atoms with Gasteiger partial charge in [-0.05, 0) is 0 Å². The number of likely N-dealkylation sites (tertiary alicyclic amines) is 1. The molecular formula is C9H14N4O. The van der Waals surface area contributed by atoms with E-state index < -0.39 is 0 Å². The Kier molecular flexibility index (Phi) is 2.25. The minimum atomic E-state index is -0.0255. The van der Waals surface area contributed by atoms with Crippen molar-refractivity contribution in [3.8, 4) is 0 Å². The van der Waals surface area contributed by atoms with Gasteiger partial charge in [0.05, 0.1) is 6.04 Å². The van der Waals surface area contributed by atoms with E-state index in [0.29, 0.717) is 37.5 Å². The minimum absolute atomic E-state index is 0.0255. The Bertz CT molecular complexity index is 310. The highest BCUT2D eigenvalue weighted by atomic mass is 16.1. The maximum atomic E-state index is 10.8. The quantitative estimate of drug-likeness (QED) is 0.471. The van der Waals surface area contributed by atoms with E-state index in [1.165, 1.54) is 0 Å². The largest absolute Gasteiger partial charge is 0.401 e. The highest BCUT2D eigenvalue weighted by Gasteiger charge is 2.32. The molecule has 0 aliphatic carbocycles. The number of hydrogen-bond acceptors (Lipinski definition) is 4. The molecule has 0 saturated carbocycles. The summed E-state index contributed by atoms with van der Waals surface area (Å²) in [5.41, 5.74) is 7.99. The molecule has 1 unspecified atom stereocenters. The van der Waals surface area contributed by atoms with Gasteiger partial charge in [0.15, 0.2) is 0 Å². The maximum absolute atomic E-state index is 10.8. The second-order valence-corrected chi connectivity index (χ2v) is 3.66. The van der Waals surface area contributed by atoms with Crippen molar-refractivity contribution in [2.45, 2.75) is 12.5 Å². The van der Waals surface area contributed by atoms with Crippen molar-refractivity contribution in [2.75, 3.05) is 19.6 Å². The molecule has 0 bridgehead atoms. The zero-order chi connectivity index (χ0) is 10.1. The average Bonchev–Trinajstić information content (AvgIpc) is 2.18. The van der Waals surface area contributed by atoms with Crippen LogP contribution in [0.4, 0.5) is 0 Å². The summed E-state index contributed by atoms with van der Waals surface area (Å²) < 4.78 is 0. The summed E-state index contributed by atoms with van der Waals surface area (Å²) in [5.74, 6) is 0. The number of carbonyl (C=O) groups excluding carboxylic acids is 1. The normalized spacial score (nSPS) is 27.6. The lowest BCUT2D eigenvalue weighted by Gasteiger charge is -2.39. The van der Waals surface area contributed by atoms with Crippen LogP contribution in [-0.2, 0) is 4.79 Å². The van der Waals surface area contributed by atoms with Gasteiger partial charge in [0.2, 0.25) is 6.41 Å². The molecule has 1 fully saturated rings. The van der Waals surface area contributed by atoms with Crippen LogP contribution >= 0.6 is 0 Å². The molecule has 0 spiro atoms. The Morgan fingerprint density at radius 1 is 1.64 bits per heavy atom. The summed E-state index contributed by atoms with van der Waals surface area (Å²) in [6.45, 7) is 1.96. The molecule has 14 heavy (non-hydrogen) atoms. The second-order valence-electron chi connectivity index (χ2n) is 3.66. The minimum Gasteiger partial charge on any atom is -0.401 e. The second kappa shape index (κ2) is 3.42. The van der Waals surface area contributed by atoms with Crippen molar-refractivity contribution in [3.05, 3.63) is 11.3 Å².